The zero-order valence-electron chi connectivity index (χ0n) is 12.5. The van der Waals surface area contributed by atoms with Gasteiger partial charge in [-0.05, 0) is 32.4 Å². The van der Waals surface area contributed by atoms with Crippen molar-refractivity contribution < 1.29 is 4.79 Å². The van der Waals surface area contributed by atoms with E-state index in [4.69, 9.17) is 0 Å². The quantitative estimate of drug-likeness (QED) is 0.735. The first-order valence-electron chi connectivity index (χ1n) is 7.17. The molecule has 106 valence electrons. The van der Waals surface area contributed by atoms with E-state index >= 15 is 0 Å². The van der Waals surface area contributed by atoms with Crippen molar-refractivity contribution in [3.05, 3.63) is 29.3 Å². The second-order valence-corrected chi connectivity index (χ2v) is 5.17. The van der Waals surface area contributed by atoms with Gasteiger partial charge in [-0.1, -0.05) is 37.8 Å². The summed E-state index contributed by atoms with van der Waals surface area (Å²) in [6, 6.07) is 6.11. The predicted molar refractivity (Wildman–Crippen MR) is 81.8 cm³/mol. The highest BCUT2D eigenvalue weighted by Crippen LogP contribution is 2.17. The minimum absolute atomic E-state index is 0.0112. The van der Waals surface area contributed by atoms with Gasteiger partial charge in [0, 0.05) is 18.8 Å². The number of rotatable bonds is 7. The van der Waals surface area contributed by atoms with Crippen LogP contribution in [0, 0.1) is 6.92 Å². The summed E-state index contributed by atoms with van der Waals surface area (Å²) in [5.41, 5.74) is 2.71. The van der Waals surface area contributed by atoms with Crippen molar-refractivity contribution in [2.24, 2.45) is 0 Å². The average Bonchev–Trinajstić information content (AvgIpc) is 2.39. The number of benzene rings is 1. The number of unbranched alkanes of at least 4 members (excludes halogenated alkanes) is 2. The van der Waals surface area contributed by atoms with Gasteiger partial charge in [-0.15, -0.1) is 0 Å². The molecule has 1 atom stereocenters. The van der Waals surface area contributed by atoms with Crippen LogP contribution in [0.1, 0.15) is 55.5 Å². The van der Waals surface area contributed by atoms with Gasteiger partial charge in [-0.2, -0.15) is 0 Å². The van der Waals surface area contributed by atoms with Crippen molar-refractivity contribution >= 4 is 11.6 Å². The molecular formula is C16H26N2O. The maximum absolute atomic E-state index is 12.3. The molecule has 0 saturated carbocycles. The third kappa shape index (κ3) is 4.93. The highest BCUT2D eigenvalue weighted by atomic mass is 16.1. The van der Waals surface area contributed by atoms with Gasteiger partial charge < -0.3 is 10.6 Å². The van der Waals surface area contributed by atoms with Crippen LogP contribution in [0.3, 0.4) is 0 Å². The van der Waals surface area contributed by atoms with E-state index in [1.807, 2.05) is 32.2 Å². The molecule has 0 aliphatic carbocycles. The number of carbonyl (C=O) groups is 1. The lowest BCUT2D eigenvalue weighted by atomic mass is 10.1. The Labute approximate surface area is 116 Å². The summed E-state index contributed by atoms with van der Waals surface area (Å²) in [5, 5.41) is 6.15. The van der Waals surface area contributed by atoms with E-state index in [0.717, 1.165) is 23.2 Å². The van der Waals surface area contributed by atoms with E-state index in [-0.39, 0.29) is 11.9 Å². The third-order valence-electron chi connectivity index (χ3n) is 3.31. The van der Waals surface area contributed by atoms with E-state index < -0.39 is 0 Å². The summed E-state index contributed by atoms with van der Waals surface area (Å²) < 4.78 is 0. The van der Waals surface area contributed by atoms with Gasteiger partial charge in [-0.3, -0.25) is 4.79 Å². The Hall–Kier alpha value is -1.51. The standard InChI is InChI=1S/C16H26N2O/c1-5-6-7-8-13(3)18-16(19)14-11-12(2)9-10-15(14)17-4/h9-11,13,17H,5-8H2,1-4H3,(H,18,19). The number of hydrogen-bond donors (Lipinski definition) is 2. The second-order valence-electron chi connectivity index (χ2n) is 5.17. The molecule has 3 nitrogen and oxygen atoms in total. The lowest BCUT2D eigenvalue weighted by Crippen LogP contribution is -2.33. The molecule has 0 aliphatic rings. The summed E-state index contributed by atoms with van der Waals surface area (Å²) >= 11 is 0. The van der Waals surface area contributed by atoms with Gasteiger partial charge in [0.05, 0.1) is 5.56 Å². The van der Waals surface area contributed by atoms with Gasteiger partial charge in [-0.25, -0.2) is 0 Å². The van der Waals surface area contributed by atoms with Crippen LogP contribution < -0.4 is 10.6 Å². The molecule has 19 heavy (non-hydrogen) atoms. The Morgan fingerprint density at radius 1 is 1.32 bits per heavy atom. The maximum Gasteiger partial charge on any atom is 0.253 e. The summed E-state index contributed by atoms with van der Waals surface area (Å²) in [4.78, 5) is 12.3. The number of aryl methyl sites for hydroxylation is 1. The molecular weight excluding hydrogens is 236 g/mol. The Kier molecular flexibility index (Phi) is 6.40. The number of hydrogen-bond acceptors (Lipinski definition) is 2. The van der Waals surface area contributed by atoms with Gasteiger partial charge in [0.25, 0.3) is 5.91 Å². The van der Waals surface area contributed by atoms with Crippen molar-refractivity contribution in [2.75, 3.05) is 12.4 Å². The molecule has 0 fully saturated rings. The molecule has 0 saturated heterocycles. The van der Waals surface area contributed by atoms with Crippen molar-refractivity contribution in [3.63, 3.8) is 0 Å². The monoisotopic (exact) mass is 262 g/mol. The lowest BCUT2D eigenvalue weighted by molar-refractivity contribution is 0.0938. The summed E-state index contributed by atoms with van der Waals surface area (Å²) in [6.07, 6.45) is 4.65. The molecule has 1 aromatic rings. The molecule has 3 heteroatoms. The largest absolute Gasteiger partial charge is 0.387 e. The summed E-state index contributed by atoms with van der Waals surface area (Å²) in [5.74, 6) is 0.0112. The van der Waals surface area contributed by atoms with Crippen molar-refractivity contribution in [1.82, 2.24) is 5.32 Å². The second kappa shape index (κ2) is 7.82. The first kappa shape index (κ1) is 15.5. The Morgan fingerprint density at radius 3 is 2.68 bits per heavy atom. The van der Waals surface area contributed by atoms with Crippen LogP contribution in [0.2, 0.25) is 0 Å². The molecule has 0 spiro atoms. The van der Waals surface area contributed by atoms with E-state index in [9.17, 15) is 4.79 Å². The fourth-order valence-corrected chi connectivity index (χ4v) is 2.14. The van der Waals surface area contributed by atoms with E-state index in [0.29, 0.717) is 0 Å². The molecule has 0 heterocycles. The molecule has 0 radical (unpaired) electrons. The van der Waals surface area contributed by atoms with Gasteiger partial charge in [0.15, 0.2) is 0 Å². The van der Waals surface area contributed by atoms with Crippen LogP contribution >= 0.6 is 0 Å². The fraction of sp³-hybridized carbons (Fsp3) is 0.562. The Bertz CT molecular complexity index is 415. The first-order valence-corrected chi connectivity index (χ1v) is 7.17. The zero-order chi connectivity index (χ0) is 14.3. The van der Waals surface area contributed by atoms with E-state index in [1.165, 1.54) is 19.3 Å². The number of carbonyl (C=O) groups excluding carboxylic acids is 1. The maximum atomic E-state index is 12.3. The SMILES string of the molecule is CCCCCC(C)NC(=O)c1cc(C)ccc1NC. The predicted octanol–water partition coefficient (Wildman–Crippen LogP) is 3.74. The van der Waals surface area contributed by atoms with Crippen LogP contribution in [0.5, 0.6) is 0 Å². The minimum Gasteiger partial charge on any atom is -0.387 e. The fourth-order valence-electron chi connectivity index (χ4n) is 2.14. The lowest BCUT2D eigenvalue weighted by Gasteiger charge is -2.16. The van der Waals surface area contributed by atoms with E-state index in [1.54, 1.807) is 0 Å². The Morgan fingerprint density at radius 2 is 2.05 bits per heavy atom. The molecule has 2 N–H and O–H groups in total. The van der Waals surface area contributed by atoms with Crippen LogP contribution in [0.4, 0.5) is 5.69 Å². The van der Waals surface area contributed by atoms with Crippen molar-refractivity contribution in [2.45, 2.75) is 52.5 Å². The topological polar surface area (TPSA) is 41.1 Å². The molecule has 1 rings (SSSR count). The third-order valence-corrected chi connectivity index (χ3v) is 3.31. The van der Waals surface area contributed by atoms with E-state index in [2.05, 4.69) is 24.5 Å². The highest BCUT2D eigenvalue weighted by molar-refractivity contribution is 5.99. The normalized spacial score (nSPS) is 12.0. The number of nitrogens with one attached hydrogen (secondary N) is 2. The first-order chi connectivity index (χ1) is 9.08. The van der Waals surface area contributed by atoms with Crippen molar-refractivity contribution in [1.29, 1.82) is 0 Å². The summed E-state index contributed by atoms with van der Waals surface area (Å²) in [6.45, 7) is 6.26. The minimum atomic E-state index is 0.0112. The highest BCUT2D eigenvalue weighted by Gasteiger charge is 2.13. The molecule has 0 bridgehead atoms. The van der Waals surface area contributed by atoms with Gasteiger partial charge in [0.2, 0.25) is 0 Å². The molecule has 1 aromatic carbocycles. The van der Waals surface area contributed by atoms with Gasteiger partial charge >= 0.3 is 0 Å². The van der Waals surface area contributed by atoms with Crippen LogP contribution in [0.15, 0.2) is 18.2 Å². The molecule has 0 aliphatic heterocycles. The molecule has 0 aromatic heterocycles. The number of anilines is 1. The van der Waals surface area contributed by atoms with Crippen LogP contribution in [-0.2, 0) is 0 Å². The average molecular weight is 262 g/mol. The summed E-state index contributed by atoms with van der Waals surface area (Å²) in [7, 11) is 1.84. The molecule has 1 unspecified atom stereocenters. The Balaban J connectivity index is 2.64. The van der Waals surface area contributed by atoms with Crippen molar-refractivity contribution in [3.8, 4) is 0 Å². The smallest absolute Gasteiger partial charge is 0.253 e. The zero-order valence-corrected chi connectivity index (χ0v) is 12.5. The molecule has 1 amide bonds. The van der Waals surface area contributed by atoms with Crippen LogP contribution in [0.25, 0.3) is 0 Å². The van der Waals surface area contributed by atoms with Gasteiger partial charge in [0.1, 0.15) is 0 Å². The van der Waals surface area contributed by atoms with Crippen LogP contribution in [-0.4, -0.2) is 19.0 Å². The number of amides is 1.